The number of carbonyl (C=O) groups excluding carboxylic acids is 1. The number of benzene rings is 1. The molecular weight excluding hydrogens is 384 g/mol. The van der Waals surface area contributed by atoms with E-state index in [4.69, 9.17) is 10.00 Å². The predicted molar refractivity (Wildman–Crippen MR) is 114 cm³/mol. The molecule has 9 heteroatoms. The van der Waals surface area contributed by atoms with Crippen LogP contribution in [0.2, 0.25) is 0 Å². The number of rotatable bonds is 8. The van der Waals surface area contributed by atoms with Crippen molar-refractivity contribution in [3.8, 4) is 11.8 Å². The average Bonchev–Trinajstić information content (AvgIpc) is 2.78. The van der Waals surface area contributed by atoms with Crippen LogP contribution in [0.5, 0.6) is 0 Å². The van der Waals surface area contributed by atoms with Gasteiger partial charge in [0, 0.05) is 39.3 Å². The van der Waals surface area contributed by atoms with E-state index in [1.807, 2.05) is 48.2 Å². The molecule has 0 atom stereocenters. The Bertz CT molecular complexity index is 945. The number of nitriles is 1. The summed E-state index contributed by atoms with van der Waals surface area (Å²) in [5, 5.41) is 16.3. The van der Waals surface area contributed by atoms with E-state index >= 15 is 0 Å². The van der Waals surface area contributed by atoms with Crippen LogP contribution in [-0.4, -0.2) is 66.5 Å². The van der Waals surface area contributed by atoms with E-state index in [9.17, 15) is 9.59 Å². The molecule has 0 unspecified atom stereocenters. The third-order valence-corrected chi connectivity index (χ3v) is 4.91. The van der Waals surface area contributed by atoms with E-state index in [0.717, 1.165) is 0 Å². The van der Waals surface area contributed by atoms with Gasteiger partial charge in [-0.25, -0.2) is 0 Å². The van der Waals surface area contributed by atoms with E-state index < -0.39 is 0 Å². The van der Waals surface area contributed by atoms with Crippen molar-refractivity contribution in [1.29, 1.82) is 5.26 Å². The van der Waals surface area contributed by atoms with Crippen LogP contribution in [0.1, 0.15) is 13.3 Å². The third-order valence-electron chi connectivity index (χ3n) is 4.91. The molecule has 0 radical (unpaired) electrons. The maximum atomic E-state index is 13.2. The smallest absolute Gasteiger partial charge is 0.296 e. The predicted octanol–water partition coefficient (Wildman–Crippen LogP) is 1.24. The zero-order valence-electron chi connectivity index (χ0n) is 17.1. The minimum atomic E-state index is -0.238. The third kappa shape index (κ3) is 4.96. The van der Waals surface area contributed by atoms with Gasteiger partial charge in [-0.1, -0.05) is 18.2 Å². The molecule has 1 aliphatic rings. The molecule has 1 saturated heterocycles. The molecule has 2 aromatic rings. The zero-order valence-corrected chi connectivity index (χ0v) is 17.1. The highest BCUT2D eigenvalue weighted by molar-refractivity contribution is 5.78. The molecule has 0 aliphatic carbocycles. The van der Waals surface area contributed by atoms with Crippen LogP contribution in [0.4, 0.5) is 11.4 Å². The van der Waals surface area contributed by atoms with Crippen LogP contribution >= 0.6 is 0 Å². The Kier molecular flexibility index (Phi) is 7.40. The first-order valence-electron chi connectivity index (χ1n) is 10.0. The largest absolute Gasteiger partial charge is 0.380 e. The molecular formula is C21H26N6O3. The standard InChI is InChI=1S/C21H26N6O3/c1-2-30-15-10-23-20-18(25-11-13-26(14-12-25)19(28)8-9-22)16-24-27(21(20)29)17-6-4-3-5-7-17/h3-7,16,23H,2,8,10-15H2,1H3. The molecule has 0 spiro atoms. The topological polar surface area (TPSA) is 103 Å². The summed E-state index contributed by atoms with van der Waals surface area (Å²) in [7, 11) is 0. The monoisotopic (exact) mass is 410 g/mol. The van der Waals surface area contributed by atoms with Gasteiger partial charge in [-0.3, -0.25) is 9.59 Å². The number of amides is 1. The number of ether oxygens (including phenoxy) is 1. The Morgan fingerprint density at radius 1 is 1.23 bits per heavy atom. The van der Waals surface area contributed by atoms with Gasteiger partial charge in [0.15, 0.2) is 0 Å². The number of nitrogens with zero attached hydrogens (tertiary/aromatic N) is 5. The summed E-state index contributed by atoms with van der Waals surface area (Å²) in [6.07, 6.45) is 1.57. The van der Waals surface area contributed by atoms with Gasteiger partial charge in [-0.15, -0.1) is 0 Å². The molecule has 158 valence electrons. The summed E-state index contributed by atoms with van der Waals surface area (Å²) in [4.78, 5) is 28.9. The fourth-order valence-electron chi connectivity index (χ4n) is 3.37. The highest BCUT2D eigenvalue weighted by Gasteiger charge is 2.24. The number of anilines is 2. The molecule has 3 rings (SSSR count). The van der Waals surface area contributed by atoms with Gasteiger partial charge in [0.25, 0.3) is 5.56 Å². The van der Waals surface area contributed by atoms with Crippen LogP contribution in [0, 0.1) is 11.3 Å². The number of hydrogen-bond donors (Lipinski definition) is 1. The summed E-state index contributed by atoms with van der Waals surface area (Å²) in [5.74, 6) is -0.162. The van der Waals surface area contributed by atoms with E-state index in [1.54, 1.807) is 11.1 Å². The summed E-state index contributed by atoms with van der Waals surface area (Å²) >= 11 is 0. The lowest BCUT2D eigenvalue weighted by Gasteiger charge is -2.36. The van der Waals surface area contributed by atoms with Crippen LogP contribution in [0.15, 0.2) is 41.3 Å². The quantitative estimate of drug-likeness (QED) is 0.653. The minimum absolute atomic E-state index is 0.112. The molecule has 1 aromatic heterocycles. The fraction of sp³-hybridized carbons (Fsp3) is 0.429. The fourth-order valence-corrected chi connectivity index (χ4v) is 3.37. The van der Waals surface area contributed by atoms with Crippen molar-refractivity contribution >= 4 is 17.3 Å². The first-order chi connectivity index (χ1) is 14.7. The van der Waals surface area contributed by atoms with Crippen molar-refractivity contribution in [2.75, 3.05) is 56.2 Å². The summed E-state index contributed by atoms with van der Waals surface area (Å²) in [5.41, 5.74) is 1.62. The Labute approximate surface area is 175 Å². The van der Waals surface area contributed by atoms with Gasteiger partial charge < -0.3 is 19.9 Å². The van der Waals surface area contributed by atoms with Crippen molar-refractivity contribution in [3.05, 3.63) is 46.9 Å². The Morgan fingerprint density at radius 2 is 1.97 bits per heavy atom. The van der Waals surface area contributed by atoms with Crippen molar-refractivity contribution < 1.29 is 9.53 Å². The summed E-state index contributed by atoms with van der Waals surface area (Å²) in [6.45, 7) is 5.64. The van der Waals surface area contributed by atoms with Crippen molar-refractivity contribution in [3.63, 3.8) is 0 Å². The number of aromatic nitrogens is 2. The molecule has 0 bridgehead atoms. The van der Waals surface area contributed by atoms with E-state index in [-0.39, 0.29) is 17.9 Å². The summed E-state index contributed by atoms with van der Waals surface area (Å²) < 4.78 is 6.76. The van der Waals surface area contributed by atoms with Crippen molar-refractivity contribution in [1.82, 2.24) is 14.7 Å². The highest BCUT2D eigenvalue weighted by atomic mass is 16.5. The second-order valence-corrected chi connectivity index (χ2v) is 6.78. The second-order valence-electron chi connectivity index (χ2n) is 6.78. The first kappa shape index (κ1) is 21.3. The zero-order chi connectivity index (χ0) is 21.3. The molecule has 1 aromatic carbocycles. The summed E-state index contributed by atoms with van der Waals surface area (Å²) in [6, 6.07) is 11.2. The van der Waals surface area contributed by atoms with E-state index in [2.05, 4.69) is 10.4 Å². The number of para-hydroxylation sites is 1. The van der Waals surface area contributed by atoms with Gasteiger partial charge in [0.05, 0.1) is 30.2 Å². The molecule has 0 saturated carbocycles. The Morgan fingerprint density at radius 3 is 2.63 bits per heavy atom. The second kappa shape index (κ2) is 10.4. The van der Waals surface area contributed by atoms with Crippen LogP contribution < -0.4 is 15.8 Å². The number of piperazine rings is 1. The maximum absolute atomic E-state index is 13.2. The van der Waals surface area contributed by atoms with Crippen LogP contribution in [0.25, 0.3) is 5.69 Å². The Balaban J connectivity index is 1.84. The number of carbonyl (C=O) groups is 1. The lowest BCUT2D eigenvalue weighted by Crippen LogP contribution is -2.49. The lowest BCUT2D eigenvalue weighted by molar-refractivity contribution is -0.130. The van der Waals surface area contributed by atoms with Crippen LogP contribution in [-0.2, 0) is 9.53 Å². The van der Waals surface area contributed by atoms with Crippen LogP contribution in [0.3, 0.4) is 0 Å². The lowest BCUT2D eigenvalue weighted by atomic mass is 10.2. The maximum Gasteiger partial charge on any atom is 0.296 e. The molecule has 1 amide bonds. The van der Waals surface area contributed by atoms with Crippen molar-refractivity contribution in [2.24, 2.45) is 0 Å². The first-order valence-corrected chi connectivity index (χ1v) is 10.0. The number of hydrogen-bond acceptors (Lipinski definition) is 7. The Hall–Kier alpha value is -3.38. The van der Waals surface area contributed by atoms with E-state index in [1.165, 1.54) is 4.68 Å². The molecule has 9 nitrogen and oxygen atoms in total. The van der Waals surface area contributed by atoms with Gasteiger partial charge in [0.1, 0.15) is 12.1 Å². The van der Waals surface area contributed by atoms with E-state index in [0.29, 0.717) is 63.0 Å². The van der Waals surface area contributed by atoms with Gasteiger partial charge in [-0.05, 0) is 19.1 Å². The normalized spacial score (nSPS) is 13.7. The van der Waals surface area contributed by atoms with Crippen molar-refractivity contribution in [2.45, 2.75) is 13.3 Å². The molecule has 1 aliphatic heterocycles. The molecule has 1 fully saturated rings. The minimum Gasteiger partial charge on any atom is -0.380 e. The highest BCUT2D eigenvalue weighted by Crippen LogP contribution is 2.23. The SMILES string of the molecule is CCOCCNc1c(N2CCN(C(=O)CC#N)CC2)cnn(-c2ccccc2)c1=O. The molecule has 1 N–H and O–H groups in total. The number of nitrogens with one attached hydrogen (secondary N) is 1. The molecule has 30 heavy (non-hydrogen) atoms. The van der Waals surface area contributed by atoms with Gasteiger partial charge in [0.2, 0.25) is 5.91 Å². The average molecular weight is 410 g/mol. The van der Waals surface area contributed by atoms with Gasteiger partial charge in [-0.2, -0.15) is 15.0 Å². The van der Waals surface area contributed by atoms with Gasteiger partial charge >= 0.3 is 0 Å². The molecule has 2 heterocycles.